The highest BCUT2D eigenvalue weighted by Gasteiger charge is 2.21. The Bertz CT molecular complexity index is 823. The number of rotatable bonds is 3. The topological polar surface area (TPSA) is 101 Å². The van der Waals surface area contributed by atoms with Gasteiger partial charge < -0.3 is 10.6 Å². The maximum absolute atomic E-state index is 12.2. The molecule has 8 heteroatoms. The van der Waals surface area contributed by atoms with E-state index in [0.717, 1.165) is 35.6 Å². The third-order valence-electron chi connectivity index (χ3n) is 4.10. The van der Waals surface area contributed by atoms with E-state index in [1.54, 1.807) is 12.5 Å². The first-order chi connectivity index (χ1) is 11.8. The number of nitrogens with one attached hydrogen (secondary N) is 3. The Morgan fingerprint density at radius 3 is 2.92 bits per heavy atom. The van der Waals surface area contributed by atoms with Crippen molar-refractivity contribution in [2.75, 3.05) is 5.32 Å². The summed E-state index contributed by atoms with van der Waals surface area (Å²) in [7, 11) is 0. The van der Waals surface area contributed by atoms with Gasteiger partial charge in [-0.25, -0.2) is 14.5 Å². The summed E-state index contributed by atoms with van der Waals surface area (Å²) in [6.45, 7) is 0.654. The van der Waals surface area contributed by atoms with Crippen LogP contribution >= 0.6 is 0 Å². The number of aryl methyl sites for hydroxylation is 1. The molecule has 0 fully saturated rings. The number of fused-ring (bicyclic) bond motifs is 1. The van der Waals surface area contributed by atoms with E-state index in [9.17, 15) is 4.79 Å². The molecule has 0 bridgehead atoms. The van der Waals surface area contributed by atoms with E-state index in [4.69, 9.17) is 0 Å². The molecule has 0 saturated carbocycles. The van der Waals surface area contributed by atoms with Gasteiger partial charge in [0.2, 0.25) is 0 Å². The molecule has 0 aliphatic carbocycles. The molecule has 3 heterocycles. The second kappa shape index (κ2) is 6.15. The van der Waals surface area contributed by atoms with Gasteiger partial charge in [-0.3, -0.25) is 5.10 Å². The zero-order valence-corrected chi connectivity index (χ0v) is 12.9. The maximum Gasteiger partial charge on any atom is 0.319 e. The summed E-state index contributed by atoms with van der Waals surface area (Å²) < 4.78 is 1.84. The van der Waals surface area contributed by atoms with Crippen LogP contribution < -0.4 is 10.6 Å². The summed E-state index contributed by atoms with van der Waals surface area (Å²) in [5.74, 6) is 0.975. The van der Waals surface area contributed by atoms with Crippen molar-refractivity contribution in [1.82, 2.24) is 30.3 Å². The average molecular weight is 323 g/mol. The summed E-state index contributed by atoms with van der Waals surface area (Å²) >= 11 is 0. The van der Waals surface area contributed by atoms with E-state index in [1.165, 1.54) is 0 Å². The smallest absolute Gasteiger partial charge is 0.319 e. The second-order valence-electron chi connectivity index (χ2n) is 5.74. The lowest BCUT2D eigenvalue weighted by Crippen LogP contribution is -2.43. The fraction of sp³-hybridized carbons (Fsp3) is 0.250. The molecule has 24 heavy (non-hydrogen) atoms. The van der Waals surface area contributed by atoms with Crippen LogP contribution in [0.15, 0.2) is 42.9 Å². The van der Waals surface area contributed by atoms with Crippen LogP contribution in [0, 0.1) is 0 Å². The monoisotopic (exact) mass is 323 g/mol. The molecular formula is C16H17N7O. The van der Waals surface area contributed by atoms with E-state index >= 15 is 0 Å². The number of H-pyrrole nitrogens is 1. The first kappa shape index (κ1) is 14.4. The number of benzene rings is 1. The zero-order valence-electron chi connectivity index (χ0n) is 12.9. The second-order valence-corrected chi connectivity index (χ2v) is 5.74. The SMILES string of the molecule is O=C(Nc1ccc(-c2ccn[nH]2)cc1)N[C@H]1CCc2ncnn2C1. The van der Waals surface area contributed by atoms with Crippen LogP contribution in [0.4, 0.5) is 10.5 Å². The molecule has 8 nitrogen and oxygen atoms in total. The van der Waals surface area contributed by atoms with E-state index in [-0.39, 0.29) is 12.1 Å². The highest BCUT2D eigenvalue weighted by Crippen LogP contribution is 2.19. The van der Waals surface area contributed by atoms with Crippen LogP contribution in [0.2, 0.25) is 0 Å². The lowest BCUT2D eigenvalue weighted by molar-refractivity contribution is 0.243. The summed E-state index contributed by atoms with van der Waals surface area (Å²) in [4.78, 5) is 16.3. The highest BCUT2D eigenvalue weighted by molar-refractivity contribution is 5.89. The van der Waals surface area contributed by atoms with Crippen LogP contribution in [-0.2, 0) is 13.0 Å². The molecule has 3 aromatic rings. The molecule has 3 N–H and O–H groups in total. The van der Waals surface area contributed by atoms with Crippen molar-refractivity contribution in [3.05, 3.63) is 48.7 Å². The molecule has 0 radical (unpaired) electrons. The molecule has 2 amide bonds. The quantitative estimate of drug-likeness (QED) is 0.684. The lowest BCUT2D eigenvalue weighted by atomic mass is 10.1. The number of carbonyl (C=O) groups is 1. The molecule has 2 aromatic heterocycles. The van der Waals surface area contributed by atoms with Gasteiger partial charge in [0.1, 0.15) is 12.2 Å². The molecule has 1 atom stereocenters. The van der Waals surface area contributed by atoms with Crippen molar-refractivity contribution < 1.29 is 4.79 Å². The summed E-state index contributed by atoms with van der Waals surface area (Å²) in [5.41, 5.74) is 2.70. The molecule has 122 valence electrons. The predicted octanol–water partition coefficient (Wildman–Crippen LogP) is 1.80. The molecule has 4 rings (SSSR count). The largest absolute Gasteiger partial charge is 0.333 e. The standard InChI is InChI=1S/C16H17N7O/c24-16(21-13-5-6-15-17-10-19-23(15)9-13)20-12-3-1-11(2-4-12)14-7-8-18-22-14/h1-4,7-8,10,13H,5-6,9H2,(H,18,22)(H2,20,21,24)/t13-/m0/s1. The fourth-order valence-electron chi connectivity index (χ4n) is 2.86. The Hall–Kier alpha value is -3.16. The maximum atomic E-state index is 12.2. The van der Waals surface area contributed by atoms with Gasteiger partial charge in [0.05, 0.1) is 18.3 Å². The van der Waals surface area contributed by atoms with E-state index in [0.29, 0.717) is 6.54 Å². The van der Waals surface area contributed by atoms with E-state index < -0.39 is 0 Å². The predicted molar refractivity (Wildman–Crippen MR) is 88.3 cm³/mol. The van der Waals surface area contributed by atoms with Crippen LogP contribution in [0.3, 0.4) is 0 Å². The minimum Gasteiger partial charge on any atom is -0.333 e. The number of aromatic nitrogens is 5. The van der Waals surface area contributed by atoms with E-state index in [2.05, 4.69) is 30.9 Å². The summed E-state index contributed by atoms with van der Waals surface area (Å²) in [5, 5.41) is 16.8. The molecule has 1 aromatic carbocycles. The van der Waals surface area contributed by atoms with Crippen molar-refractivity contribution in [1.29, 1.82) is 0 Å². The van der Waals surface area contributed by atoms with Crippen molar-refractivity contribution in [2.24, 2.45) is 0 Å². The zero-order chi connectivity index (χ0) is 16.4. The minimum atomic E-state index is -0.210. The number of hydrogen-bond acceptors (Lipinski definition) is 4. The number of urea groups is 1. The first-order valence-corrected chi connectivity index (χ1v) is 7.82. The van der Waals surface area contributed by atoms with Crippen LogP contribution in [0.5, 0.6) is 0 Å². The Morgan fingerprint density at radius 2 is 2.12 bits per heavy atom. The fourth-order valence-corrected chi connectivity index (χ4v) is 2.86. The van der Waals surface area contributed by atoms with Crippen LogP contribution in [0.25, 0.3) is 11.3 Å². The van der Waals surface area contributed by atoms with Crippen molar-refractivity contribution >= 4 is 11.7 Å². The van der Waals surface area contributed by atoms with Gasteiger partial charge in [-0.1, -0.05) is 12.1 Å². The van der Waals surface area contributed by atoms with Gasteiger partial charge in [-0.15, -0.1) is 0 Å². The Morgan fingerprint density at radius 1 is 1.25 bits per heavy atom. The number of carbonyl (C=O) groups excluding carboxylic acids is 1. The normalized spacial score (nSPS) is 16.4. The summed E-state index contributed by atoms with van der Waals surface area (Å²) in [6, 6.07) is 9.35. The molecule has 1 aliphatic rings. The van der Waals surface area contributed by atoms with Gasteiger partial charge in [0.25, 0.3) is 0 Å². The van der Waals surface area contributed by atoms with Crippen molar-refractivity contribution in [3.8, 4) is 11.3 Å². The number of hydrogen-bond donors (Lipinski definition) is 3. The average Bonchev–Trinajstić information content (AvgIpc) is 3.26. The lowest BCUT2D eigenvalue weighted by Gasteiger charge is -2.23. The van der Waals surface area contributed by atoms with Gasteiger partial charge in [-0.2, -0.15) is 10.2 Å². The van der Waals surface area contributed by atoms with E-state index in [1.807, 2.05) is 35.0 Å². The molecule has 0 saturated heterocycles. The van der Waals surface area contributed by atoms with Gasteiger partial charge in [0, 0.05) is 18.3 Å². The Kier molecular flexibility index (Phi) is 3.70. The van der Waals surface area contributed by atoms with Crippen molar-refractivity contribution in [2.45, 2.75) is 25.4 Å². The molecular weight excluding hydrogens is 306 g/mol. The number of nitrogens with zero attached hydrogens (tertiary/aromatic N) is 4. The third kappa shape index (κ3) is 2.98. The number of amides is 2. The summed E-state index contributed by atoms with van der Waals surface area (Å²) in [6.07, 6.45) is 4.95. The minimum absolute atomic E-state index is 0.0588. The highest BCUT2D eigenvalue weighted by atomic mass is 16.2. The Labute approximate surface area is 138 Å². The van der Waals surface area contributed by atoms with Gasteiger partial charge in [0.15, 0.2) is 0 Å². The third-order valence-corrected chi connectivity index (χ3v) is 4.10. The Balaban J connectivity index is 1.35. The number of aromatic amines is 1. The first-order valence-electron chi connectivity index (χ1n) is 7.82. The van der Waals surface area contributed by atoms with Crippen LogP contribution in [-0.4, -0.2) is 37.0 Å². The van der Waals surface area contributed by atoms with Crippen LogP contribution in [0.1, 0.15) is 12.2 Å². The molecule has 1 aliphatic heterocycles. The van der Waals surface area contributed by atoms with Crippen molar-refractivity contribution in [3.63, 3.8) is 0 Å². The molecule has 0 unspecified atom stereocenters. The molecule has 0 spiro atoms. The van der Waals surface area contributed by atoms with Gasteiger partial charge >= 0.3 is 6.03 Å². The van der Waals surface area contributed by atoms with Gasteiger partial charge in [-0.05, 0) is 30.2 Å². The number of anilines is 1.